The smallest absolute Gasteiger partial charge is 0.285 e. The Morgan fingerprint density at radius 3 is 2.34 bits per heavy atom. The largest absolute Gasteiger partial charge is 0.378 e. The number of non-ortho nitro benzene ring substituents is 1. The summed E-state index contributed by atoms with van der Waals surface area (Å²) in [6.07, 6.45) is 1.71. The van der Waals surface area contributed by atoms with Gasteiger partial charge in [0.2, 0.25) is 0 Å². The maximum atomic E-state index is 12.6. The summed E-state index contributed by atoms with van der Waals surface area (Å²) in [6.45, 7) is 0. The van der Waals surface area contributed by atoms with Crippen molar-refractivity contribution < 1.29 is 14.5 Å². The van der Waals surface area contributed by atoms with Crippen molar-refractivity contribution in [3.05, 3.63) is 74.7 Å². The van der Waals surface area contributed by atoms with Crippen LogP contribution in [0.4, 0.5) is 11.4 Å². The van der Waals surface area contributed by atoms with Crippen LogP contribution in [0, 0.1) is 10.1 Å². The number of hydrazine groups is 1. The first kappa shape index (κ1) is 20.5. The number of rotatable bonds is 5. The molecule has 2 aromatic carbocycles. The SMILES string of the molecule is CN(C)c1ccc(C=C2SC(=S)N(NC(=O)c3ccc([N+](=O)[O-])cc3)C2=O)cc1. The molecular formula is C19H16N4O4S2. The summed E-state index contributed by atoms with van der Waals surface area (Å²) in [5, 5.41) is 11.7. The molecule has 1 N–H and O–H groups in total. The maximum absolute atomic E-state index is 12.6. The number of nitrogens with one attached hydrogen (secondary N) is 1. The number of amides is 2. The normalized spacial score (nSPS) is 15.0. The Hall–Kier alpha value is -3.24. The van der Waals surface area contributed by atoms with Crippen molar-refractivity contribution in [1.82, 2.24) is 10.4 Å². The van der Waals surface area contributed by atoms with Crippen molar-refractivity contribution in [2.45, 2.75) is 0 Å². The van der Waals surface area contributed by atoms with E-state index < -0.39 is 16.7 Å². The lowest BCUT2D eigenvalue weighted by atomic mass is 10.2. The van der Waals surface area contributed by atoms with E-state index in [1.54, 1.807) is 6.08 Å². The van der Waals surface area contributed by atoms with Gasteiger partial charge in [0.05, 0.1) is 9.83 Å². The Morgan fingerprint density at radius 2 is 1.79 bits per heavy atom. The molecule has 8 nitrogen and oxygen atoms in total. The first-order chi connectivity index (χ1) is 13.8. The van der Waals surface area contributed by atoms with Gasteiger partial charge in [0, 0.05) is 37.5 Å². The van der Waals surface area contributed by atoms with Crippen LogP contribution in [-0.2, 0) is 4.79 Å². The fourth-order valence-electron chi connectivity index (χ4n) is 2.48. The zero-order valence-electron chi connectivity index (χ0n) is 15.5. The van der Waals surface area contributed by atoms with Gasteiger partial charge >= 0.3 is 0 Å². The molecule has 1 fully saturated rings. The Morgan fingerprint density at radius 1 is 1.17 bits per heavy atom. The highest BCUT2D eigenvalue weighted by Gasteiger charge is 2.33. The van der Waals surface area contributed by atoms with E-state index in [4.69, 9.17) is 12.2 Å². The summed E-state index contributed by atoms with van der Waals surface area (Å²) in [7, 11) is 3.88. The quantitative estimate of drug-likeness (QED) is 0.338. The number of thiocarbonyl (C=S) groups is 1. The van der Waals surface area contributed by atoms with Gasteiger partial charge in [0.15, 0.2) is 4.32 Å². The number of thioether (sulfide) groups is 1. The van der Waals surface area contributed by atoms with Crippen molar-refractivity contribution in [2.24, 2.45) is 0 Å². The Balaban J connectivity index is 1.73. The standard InChI is InChI=1S/C19H16N4O4S2/c1-21(2)14-7-3-12(4-8-14)11-16-18(25)22(19(28)29-16)20-17(24)13-5-9-15(10-6-13)23(26)27/h3-11H,1-2H3,(H,20,24). The van der Waals surface area contributed by atoms with Crippen LogP contribution in [0.1, 0.15) is 15.9 Å². The van der Waals surface area contributed by atoms with Crippen LogP contribution in [0.2, 0.25) is 0 Å². The molecule has 10 heteroatoms. The number of nitro groups is 1. The number of carbonyl (C=O) groups is 2. The molecule has 1 saturated heterocycles. The molecule has 0 unspecified atom stereocenters. The van der Waals surface area contributed by atoms with E-state index in [1.807, 2.05) is 43.3 Å². The highest BCUT2D eigenvalue weighted by Crippen LogP contribution is 2.31. The van der Waals surface area contributed by atoms with Crippen molar-refractivity contribution in [3.63, 3.8) is 0 Å². The van der Waals surface area contributed by atoms with E-state index in [0.29, 0.717) is 4.91 Å². The summed E-state index contributed by atoms with van der Waals surface area (Å²) in [4.78, 5) is 37.5. The van der Waals surface area contributed by atoms with Crippen molar-refractivity contribution in [2.75, 3.05) is 19.0 Å². The minimum Gasteiger partial charge on any atom is -0.378 e. The van der Waals surface area contributed by atoms with Crippen LogP contribution in [0.25, 0.3) is 6.08 Å². The van der Waals surface area contributed by atoms with Crippen molar-refractivity contribution in [1.29, 1.82) is 0 Å². The van der Waals surface area contributed by atoms with Gasteiger partial charge in [-0.2, -0.15) is 5.01 Å². The second-order valence-corrected chi connectivity index (χ2v) is 7.92. The van der Waals surface area contributed by atoms with Gasteiger partial charge in [-0.15, -0.1) is 0 Å². The zero-order valence-corrected chi connectivity index (χ0v) is 17.1. The monoisotopic (exact) mass is 428 g/mol. The van der Waals surface area contributed by atoms with Gasteiger partial charge in [-0.1, -0.05) is 23.9 Å². The minimum absolute atomic E-state index is 0.129. The molecule has 0 spiro atoms. The Kier molecular flexibility index (Phi) is 5.95. The fraction of sp³-hybridized carbons (Fsp3) is 0.105. The third-order valence-corrected chi connectivity index (χ3v) is 5.36. The second kappa shape index (κ2) is 8.41. The van der Waals surface area contributed by atoms with E-state index in [9.17, 15) is 19.7 Å². The number of nitrogens with zero attached hydrogens (tertiary/aromatic N) is 3. The molecule has 0 radical (unpaired) electrons. The number of hydrogen-bond acceptors (Lipinski definition) is 7. The molecule has 0 aliphatic carbocycles. The lowest BCUT2D eigenvalue weighted by Gasteiger charge is -2.15. The van der Waals surface area contributed by atoms with Gasteiger partial charge in [0.25, 0.3) is 17.5 Å². The lowest BCUT2D eigenvalue weighted by molar-refractivity contribution is -0.384. The van der Waals surface area contributed by atoms with E-state index in [2.05, 4.69) is 5.43 Å². The molecule has 3 rings (SSSR count). The van der Waals surface area contributed by atoms with E-state index >= 15 is 0 Å². The molecule has 0 saturated carbocycles. The Bertz CT molecular complexity index is 1020. The van der Waals surface area contributed by atoms with Gasteiger partial charge in [-0.25, -0.2) is 0 Å². The number of carbonyl (C=O) groups excluding carboxylic acids is 2. The predicted molar refractivity (Wildman–Crippen MR) is 116 cm³/mol. The molecule has 0 bridgehead atoms. The first-order valence-corrected chi connectivity index (χ1v) is 9.59. The van der Waals surface area contributed by atoms with E-state index in [0.717, 1.165) is 28.0 Å². The average molecular weight is 428 g/mol. The van der Waals surface area contributed by atoms with Gasteiger partial charge in [0.1, 0.15) is 0 Å². The molecule has 1 aliphatic rings. The minimum atomic E-state index is -0.590. The zero-order chi connectivity index (χ0) is 21.1. The average Bonchev–Trinajstić information content (AvgIpc) is 2.95. The van der Waals surface area contributed by atoms with Crippen LogP contribution in [-0.4, -0.2) is 40.2 Å². The number of hydrogen-bond donors (Lipinski definition) is 1. The van der Waals surface area contributed by atoms with E-state index in [-0.39, 0.29) is 15.6 Å². The van der Waals surface area contributed by atoms with Crippen LogP contribution >= 0.6 is 24.0 Å². The summed E-state index contributed by atoms with van der Waals surface area (Å²) < 4.78 is 0.196. The van der Waals surface area contributed by atoms with Gasteiger partial charge in [-0.3, -0.25) is 25.1 Å². The predicted octanol–water partition coefficient (Wildman–Crippen LogP) is 3.21. The molecule has 148 valence electrons. The molecule has 1 aliphatic heterocycles. The van der Waals surface area contributed by atoms with Crippen LogP contribution < -0.4 is 10.3 Å². The molecular weight excluding hydrogens is 412 g/mol. The molecule has 0 aromatic heterocycles. The van der Waals surface area contributed by atoms with Gasteiger partial charge in [-0.05, 0) is 48.1 Å². The Labute approximate surface area is 176 Å². The topological polar surface area (TPSA) is 95.8 Å². The molecule has 29 heavy (non-hydrogen) atoms. The number of nitro benzene ring substituents is 1. The molecule has 2 amide bonds. The van der Waals surface area contributed by atoms with Crippen LogP contribution in [0.5, 0.6) is 0 Å². The third kappa shape index (κ3) is 4.61. The highest BCUT2D eigenvalue weighted by atomic mass is 32.2. The number of benzene rings is 2. The first-order valence-electron chi connectivity index (χ1n) is 8.37. The summed E-state index contributed by atoms with van der Waals surface area (Å²) in [6, 6.07) is 12.7. The van der Waals surface area contributed by atoms with Crippen LogP contribution in [0.15, 0.2) is 53.4 Å². The number of anilines is 1. The molecule has 2 aromatic rings. The van der Waals surface area contributed by atoms with Crippen LogP contribution in [0.3, 0.4) is 0 Å². The third-order valence-electron chi connectivity index (χ3n) is 4.05. The van der Waals surface area contributed by atoms with Crippen molar-refractivity contribution >= 4 is 57.6 Å². The van der Waals surface area contributed by atoms with Gasteiger partial charge < -0.3 is 4.90 Å². The second-order valence-electron chi connectivity index (χ2n) is 6.25. The highest BCUT2D eigenvalue weighted by molar-refractivity contribution is 8.26. The summed E-state index contributed by atoms with van der Waals surface area (Å²) >= 11 is 6.29. The molecule has 1 heterocycles. The van der Waals surface area contributed by atoms with Crippen molar-refractivity contribution in [3.8, 4) is 0 Å². The summed E-state index contributed by atoms with van der Waals surface area (Å²) in [5.41, 5.74) is 4.36. The maximum Gasteiger partial charge on any atom is 0.285 e. The lowest BCUT2D eigenvalue weighted by Crippen LogP contribution is -2.44. The summed E-state index contributed by atoms with van der Waals surface area (Å²) in [5.74, 6) is -1.03. The molecule has 0 atom stereocenters. The fourth-order valence-corrected chi connectivity index (χ4v) is 3.66. The van der Waals surface area contributed by atoms with E-state index in [1.165, 1.54) is 24.3 Å².